The molecule has 1 amide bonds. The number of amides is 1. The number of piperidine rings is 1. The number of aliphatic imine (C=N–C) groups is 1. The van der Waals surface area contributed by atoms with Gasteiger partial charge < -0.3 is 10.6 Å². The molecule has 3 rings (SSSR count). The van der Waals surface area contributed by atoms with Gasteiger partial charge in [0, 0.05) is 31.3 Å². The van der Waals surface area contributed by atoms with E-state index in [1.54, 1.807) is 0 Å². The molecule has 32 heavy (non-hydrogen) atoms. The summed E-state index contributed by atoms with van der Waals surface area (Å²) in [6.07, 6.45) is 16.4. The van der Waals surface area contributed by atoms with Gasteiger partial charge in [-0.15, -0.1) is 0 Å². The maximum absolute atomic E-state index is 14.0. The largest absolute Gasteiger partial charge is 0.387 e. The van der Waals surface area contributed by atoms with Crippen LogP contribution in [-0.2, 0) is 9.59 Å². The molecule has 1 atom stereocenters. The van der Waals surface area contributed by atoms with Crippen molar-refractivity contribution in [3.63, 3.8) is 0 Å². The number of rotatable bonds is 8. The molecule has 5 nitrogen and oxygen atoms in total. The van der Waals surface area contributed by atoms with Crippen LogP contribution in [-0.4, -0.2) is 41.1 Å². The van der Waals surface area contributed by atoms with Gasteiger partial charge in [0.05, 0.1) is 5.84 Å². The first kappa shape index (κ1) is 25.2. The van der Waals surface area contributed by atoms with Crippen molar-refractivity contribution in [2.24, 2.45) is 28.5 Å². The number of nitrogens with two attached hydrogens (primary N) is 1. The fourth-order valence-corrected chi connectivity index (χ4v) is 6.34. The molecule has 0 aromatic rings. The molecule has 3 aliphatic rings. The highest BCUT2D eigenvalue weighted by Crippen LogP contribution is 2.40. The van der Waals surface area contributed by atoms with Crippen LogP contribution in [0, 0.1) is 17.8 Å². The third kappa shape index (κ3) is 6.14. The topological polar surface area (TPSA) is 75.8 Å². The Labute approximate surface area is 196 Å². The van der Waals surface area contributed by atoms with Crippen molar-refractivity contribution >= 4 is 17.5 Å². The maximum atomic E-state index is 14.0. The van der Waals surface area contributed by atoms with E-state index in [2.05, 4.69) is 18.7 Å². The van der Waals surface area contributed by atoms with Crippen LogP contribution in [0.4, 0.5) is 0 Å². The molecule has 0 aromatic carbocycles. The molecule has 0 aromatic heterocycles. The van der Waals surface area contributed by atoms with E-state index in [-0.39, 0.29) is 11.8 Å². The van der Waals surface area contributed by atoms with Gasteiger partial charge in [-0.05, 0) is 50.9 Å². The molecule has 2 heterocycles. The van der Waals surface area contributed by atoms with Crippen molar-refractivity contribution in [2.45, 2.75) is 122 Å². The Kier molecular flexibility index (Phi) is 9.61. The smallest absolute Gasteiger partial charge is 0.225 e. The van der Waals surface area contributed by atoms with Crippen LogP contribution in [0.5, 0.6) is 0 Å². The van der Waals surface area contributed by atoms with Gasteiger partial charge in [0.1, 0.15) is 5.54 Å². The number of hydrogen-bond acceptors (Lipinski definition) is 4. The quantitative estimate of drug-likeness (QED) is 0.490. The summed E-state index contributed by atoms with van der Waals surface area (Å²) in [4.78, 5) is 34.1. The standard InChI is InChI=1S/C27H47N3O2/c1-3-5-17-27(18-6-4-2)25(31)23(13-14-24(28)29-27)21-15-19-30(20-16-21)26(32)22-11-9-7-8-10-12-22/h21-23H,3-20H2,1-2H3,(H2,28,29). The average molecular weight is 446 g/mol. The van der Waals surface area contributed by atoms with Crippen molar-refractivity contribution in [3.05, 3.63) is 0 Å². The molecular formula is C27H47N3O2. The average Bonchev–Trinajstić information content (AvgIpc) is 3.15. The van der Waals surface area contributed by atoms with Gasteiger partial charge in [-0.3, -0.25) is 14.6 Å². The summed E-state index contributed by atoms with van der Waals surface area (Å²) in [5.74, 6) is 2.05. The van der Waals surface area contributed by atoms with Crippen LogP contribution in [0.2, 0.25) is 0 Å². The summed E-state index contributed by atoms with van der Waals surface area (Å²) in [5, 5.41) is 0. The van der Waals surface area contributed by atoms with E-state index in [4.69, 9.17) is 10.7 Å². The van der Waals surface area contributed by atoms with Crippen LogP contribution >= 0.6 is 0 Å². The van der Waals surface area contributed by atoms with E-state index in [9.17, 15) is 9.59 Å². The number of amidine groups is 1. The third-order valence-electron chi connectivity index (χ3n) is 8.38. The Morgan fingerprint density at radius 1 is 0.969 bits per heavy atom. The highest BCUT2D eigenvalue weighted by atomic mass is 16.2. The maximum Gasteiger partial charge on any atom is 0.225 e. The number of hydrogen-bond donors (Lipinski definition) is 1. The summed E-state index contributed by atoms with van der Waals surface area (Å²) >= 11 is 0. The zero-order valence-electron chi connectivity index (χ0n) is 20.7. The number of nitrogens with zero attached hydrogens (tertiary/aromatic N) is 2. The monoisotopic (exact) mass is 445 g/mol. The van der Waals surface area contributed by atoms with Crippen molar-refractivity contribution in [1.29, 1.82) is 0 Å². The lowest BCUT2D eigenvalue weighted by atomic mass is 9.71. The second kappa shape index (κ2) is 12.2. The van der Waals surface area contributed by atoms with E-state index in [0.29, 0.717) is 23.4 Å². The Balaban J connectivity index is 1.66. The summed E-state index contributed by atoms with van der Waals surface area (Å²) in [5.41, 5.74) is 5.70. The molecular weight excluding hydrogens is 398 g/mol. The van der Waals surface area contributed by atoms with E-state index >= 15 is 0 Å². The Morgan fingerprint density at radius 3 is 2.12 bits per heavy atom. The van der Waals surface area contributed by atoms with Crippen LogP contribution < -0.4 is 5.73 Å². The zero-order valence-corrected chi connectivity index (χ0v) is 20.7. The highest BCUT2D eigenvalue weighted by Gasteiger charge is 2.45. The van der Waals surface area contributed by atoms with Crippen LogP contribution in [0.3, 0.4) is 0 Å². The molecule has 5 heteroatoms. The number of likely N-dealkylation sites (tertiary alicyclic amines) is 1. The molecule has 2 N–H and O–H groups in total. The number of ketones is 1. The summed E-state index contributed by atoms with van der Waals surface area (Å²) < 4.78 is 0. The minimum Gasteiger partial charge on any atom is -0.387 e. The molecule has 182 valence electrons. The molecule has 2 aliphatic heterocycles. The number of unbranched alkanes of at least 4 members (excludes halogenated alkanes) is 2. The predicted molar refractivity (Wildman–Crippen MR) is 132 cm³/mol. The molecule has 2 fully saturated rings. The van der Waals surface area contributed by atoms with Gasteiger partial charge >= 0.3 is 0 Å². The Bertz CT molecular complexity index is 635. The van der Waals surface area contributed by atoms with E-state index in [1.807, 2.05) is 0 Å². The van der Waals surface area contributed by atoms with Gasteiger partial charge in [0.15, 0.2) is 5.78 Å². The molecule has 1 saturated heterocycles. The highest BCUT2D eigenvalue weighted by molar-refractivity contribution is 5.96. The summed E-state index contributed by atoms with van der Waals surface area (Å²) in [6.45, 7) is 5.99. The van der Waals surface area contributed by atoms with Crippen LogP contribution in [0.25, 0.3) is 0 Å². The number of Topliss-reactive ketones (excluding diaryl/α,β-unsaturated/α-hetero) is 1. The predicted octanol–water partition coefficient (Wildman–Crippen LogP) is 5.65. The van der Waals surface area contributed by atoms with Gasteiger partial charge in [-0.2, -0.15) is 0 Å². The molecule has 0 spiro atoms. The molecule has 1 aliphatic carbocycles. The van der Waals surface area contributed by atoms with Crippen LogP contribution in [0.1, 0.15) is 117 Å². The fourth-order valence-electron chi connectivity index (χ4n) is 6.34. The van der Waals surface area contributed by atoms with E-state index in [0.717, 1.165) is 90.1 Å². The minimum atomic E-state index is -0.607. The van der Waals surface area contributed by atoms with Gasteiger partial charge in [-0.1, -0.05) is 65.2 Å². The van der Waals surface area contributed by atoms with Crippen LogP contribution in [0.15, 0.2) is 4.99 Å². The van der Waals surface area contributed by atoms with Gasteiger partial charge in [0.2, 0.25) is 5.91 Å². The lowest BCUT2D eigenvalue weighted by Crippen LogP contribution is -2.47. The molecule has 0 bridgehead atoms. The second-order valence-corrected chi connectivity index (χ2v) is 10.7. The lowest BCUT2D eigenvalue weighted by Gasteiger charge is -2.39. The normalized spacial score (nSPS) is 25.8. The van der Waals surface area contributed by atoms with E-state index in [1.165, 1.54) is 25.7 Å². The first-order chi connectivity index (χ1) is 15.5. The van der Waals surface area contributed by atoms with Crippen molar-refractivity contribution in [1.82, 2.24) is 4.90 Å². The first-order valence-electron chi connectivity index (χ1n) is 13.7. The van der Waals surface area contributed by atoms with Crippen molar-refractivity contribution in [3.8, 4) is 0 Å². The first-order valence-corrected chi connectivity index (χ1v) is 13.7. The van der Waals surface area contributed by atoms with Gasteiger partial charge in [0.25, 0.3) is 0 Å². The summed E-state index contributed by atoms with van der Waals surface area (Å²) in [6, 6.07) is 0. The van der Waals surface area contributed by atoms with Gasteiger partial charge in [-0.25, -0.2) is 0 Å². The molecule has 1 saturated carbocycles. The number of carbonyl (C=O) groups is 2. The fraction of sp³-hybridized carbons (Fsp3) is 0.889. The molecule has 1 unspecified atom stereocenters. The van der Waals surface area contributed by atoms with Crippen molar-refractivity contribution < 1.29 is 9.59 Å². The summed E-state index contributed by atoms with van der Waals surface area (Å²) in [7, 11) is 0. The third-order valence-corrected chi connectivity index (χ3v) is 8.38. The minimum absolute atomic E-state index is 0.0450. The number of carbonyl (C=O) groups excluding carboxylic acids is 2. The lowest BCUT2D eigenvalue weighted by molar-refractivity contribution is -0.138. The van der Waals surface area contributed by atoms with E-state index < -0.39 is 5.54 Å². The second-order valence-electron chi connectivity index (χ2n) is 10.7. The SMILES string of the molecule is CCCCC1(CCCC)N=C(N)CCC(C2CCN(C(=O)C3CCCCCC3)CC2)C1=O. The zero-order chi connectivity index (χ0) is 23.0. The Morgan fingerprint density at radius 2 is 1.56 bits per heavy atom. The molecule has 0 radical (unpaired) electrons. The van der Waals surface area contributed by atoms with Crippen molar-refractivity contribution in [2.75, 3.05) is 13.1 Å². The Hall–Kier alpha value is -1.39.